The lowest BCUT2D eigenvalue weighted by Crippen LogP contribution is -2.24. The average Bonchev–Trinajstić information content (AvgIpc) is 2.70. The summed E-state index contributed by atoms with van der Waals surface area (Å²) in [5.41, 5.74) is 3.65. The van der Waals surface area contributed by atoms with Crippen LogP contribution in [0.25, 0.3) is 0 Å². The van der Waals surface area contributed by atoms with Crippen molar-refractivity contribution in [3.63, 3.8) is 0 Å². The maximum atomic E-state index is 4.67. The molecular formula is C23H21NS. The summed E-state index contributed by atoms with van der Waals surface area (Å²) in [4.78, 5) is 0. The molecule has 0 fully saturated rings. The lowest BCUT2D eigenvalue weighted by molar-refractivity contribution is 0.896. The third-order valence-electron chi connectivity index (χ3n) is 4.07. The fourth-order valence-corrected chi connectivity index (χ4v) is 3.92. The van der Waals surface area contributed by atoms with Gasteiger partial charge < -0.3 is 0 Å². The molecule has 3 aromatic rings. The van der Waals surface area contributed by atoms with Crippen LogP contribution >= 0.6 is 11.9 Å². The van der Waals surface area contributed by atoms with E-state index >= 15 is 0 Å². The predicted molar refractivity (Wildman–Crippen MR) is 110 cm³/mol. The molecular weight excluding hydrogens is 322 g/mol. The highest BCUT2D eigenvalue weighted by molar-refractivity contribution is 7.99. The molecule has 3 aromatic carbocycles. The highest BCUT2D eigenvalue weighted by Gasteiger charge is 2.37. The predicted octanol–water partition coefficient (Wildman–Crippen LogP) is 6.27. The van der Waals surface area contributed by atoms with Crippen molar-refractivity contribution >= 4 is 18.2 Å². The van der Waals surface area contributed by atoms with Gasteiger partial charge in [-0.3, -0.25) is 0 Å². The van der Waals surface area contributed by atoms with E-state index in [1.165, 1.54) is 16.7 Å². The number of hydrogen-bond acceptors (Lipinski definition) is 2. The van der Waals surface area contributed by atoms with Gasteiger partial charge in [0.05, 0.1) is 0 Å². The number of benzene rings is 3. The summed E-state index contributed by atoms with van der Waals surface area (Å²) in [6, 6.07) is 31.8. The second-order valence-electron chi connectivity index (χ2n) is 5.65. The summed E-state index contributed by atoms with van der Waals surface area (Å²) in [6.07, 6.45) is 5.80. The Balaban J connectivity index is 2.23. The molecule has 0 N–H and O–H groups in total. The third-order valence-corrected chi connectivity index (χ3v) is 5.28. The second kappa shape index (κ2) is 8.50. The molecule has 0 atom stereocenters. The summed E-state index contributed by atoms with van der Waals surface area (Å²) in [6.45, 7) is 2.00. The molecule has 0 aliphatic carbocycles. The second-order valence-corrected chi connectivity index (χ2v) is 6.66. The van der Waals surface area contributed by atoms with Crippen molar-refractivity contribution in [2.24, 2.45) is 4.40 Å². The van der Waals surface area contributed by atoms with Gasteiger partial charge in [0.15, 0.2) is 0 Å². The van der Waals surface area contributed by atoms with Crippen molar-refractivity contribution in [1.82, 2.24) is 0 Å². The molecule has 0 heterocycles. The molecule has 124 valence electrons. The van der Waals surface area contributed by atoms with Gasteiger partial charge in [-0.1, -0.05) is 97.1 Å². The lowest BCUT2D eigenvalue weighted by Gasteiger charge is -2.33. The van der Waals surface area contributed by atoms with Gasteiger partial charge in [0.2, 0.25) is 0 Å². The minimum atomic E-state index is -0.387. The van der Waals surface area contributed by atoms with E-state index in [1.54, 1.807) is 11.9 Å². The Labute approximate surface area is 154 Å². The number of nitrogens with zero attached hydrogens (tertiary/aromatic N) is 1. The number of hydrogen-bond donors (Lipinski definition) is 0. The quantitative estimate of drug-likeness (QED) is 0.292. The van der Waals surface area contributed by atoms with Crippen LogP contribution in [0.15, 0.2) is 108 Å². The van der Waals surface area contributed by atoms with E-state index in [9.17, 15) is 0 Å². The van der Waals surface area contributed by atoms with Crippen molar-refractivity contribution < 1.29 is 0 Å². The van der Waals surface area contributed by atoms with E-state index in [1.807, 2.05) is 25.3 Å². The highest BCUT2D eigenvalue weighted by atomic mass is 32.2. The van der Waals surface area contributed by atoms with Gasteiger partial charge in [-0.25, -0.2) is 4.40 Å². The van der Waals surface area contributed by atoms with Crippen LogP contribution < -0.4 is 0 Å². The number of rotatable bonds is 6. The molecule has 0 bridgehead atoms. The van der Waals surface area contributed by atoms with Crippen LogP contribution in [0.5, 0.6) is 0 Å². The monoisotopic (exact) mass is 343 g/mol. The SMILES string of the molecule is C/C=C/C=N/SC(c1ccccc1)(c1ccccc1)c1ccccc1. The maximum absolute atomic E-state index is 4.67. The molecule has 0 saturated heterocycles. The van der Waals surface area contributed by atoms with Gasteiger partial charge in [0, 0.05) is 6.21 Å². The first-order valence-corrected chi connectivity index (χ1v) is 9.14. The minimum Gasteiger partial charge on any atom is -0.223 e. The molecule has 25 heavy (non-hydrogen) atoms. The Kier molecular flexibility index (Phi) is 5.86. The summed E-state index contributed by atoms with van der Waals surface area (Å²) < 4.78 is 4.28. The van der Waals surface area contributed by atoms with Crippen LogP contribution in [0.1, 0.15) is 23.6 Å². The van der Waals surface area contributed by atoms with Gasteiger partial charge in [0.1, 0.15) is 4.75 Å². The molecule has 0 aliphatic rings. The molecule has 1 nitrogen and oxygen atoms in total. The highest BCUT2D eigenvalue weighted by Crippen LogP contribution is 2.48. The topological polar surface area (TPSA) is 12.4 Å². The molecule has 0 spiro atoms. The number of allylic oxidation sites excluding steroid dienone is 2. The van der Waals surface area contributed by atoms with Crippen LogP contribution in [-0.2, 0) is 4.75 Å². The normalized spacial score (nSPS) is 12.0. The third kappa shape index (κ3) is 3.75. The summed E-state index contributed by atoms with van der Waals surface area (Å²) in [5.74, 6) is 0. The zero-order chi connectivity index (χ0) is 17.4. The van der Waals surface area contributed by atoms with Crippen LogP contribution in [0.3, 0.4) is 0 Å². The van der Waals surface area contributed by atoms with Crippen molar-refractivity contribution in [1.29, 1.82) is 0 Å². The van der Waals surface area contributed by atoms with E-state index in [0.717, 1.165) is 0 Å². The molecule has 0 radical (unpaired) electrons. The standard InChI is InChI=1S/C23H21NS/c1-2-3-19-24-25-23(20-13-7-4-8-14-20,21-15-9-5-10-16-21)22-17-11-6-12-18-22/h2-19H,1H3/b3-2+,24-19+. The Bertz CT molecular complexity index is 727. The van der Waals surface area contributed by atoms with Crippen molar-refractivity contribution in [3.8, 4) is 0 Å². The van der Waals surface area contributed by atoms with Gasteiger partial charge in [-0.15, -0.1) is 0 Å². The summed E-state index contributed by atoms with van der Waals surface area (Å²) >= 11 is 1.59. The van der Waals surface area contributed by atoms with Crippen LogP contribution in [0, 0.1) is 0 Å². The minimum absolute atomic E-state index is 0.387. The zero-order valence-corrected chi connectivity index (χ0v) is 15.1. The van der Waals surface area contributed by atoms with E-state index in [0.29, 0.717) is 0 Å². The molecule has 0 saturated carbocycles. The van der Waals surface area contributed by atoms with Crippen molar-refractivity contribution in [3.05, 3.63) is 120 Å². The summed E-state index contributed by atoms with van der Waals surface area (Å²) in [7, 11) is 0. The molecule has 0 amide bonds. The maximum Gasteiger partial charge on any atom is 0.112 e. The van der Waals surface area contributed by atoms with Gasteiger partial charge in [-0.05, 0) is 41.6 Å². The van der Waals surface area contributed by atoms with Crippen molar-refractivity contribution in [2.75, 3.05) is 0 Å². The first kappa shape index (κ1) is 17.2. The molecule has 0 aromatic heterocycles. The fraction of sp³-hybridized carbons (Fsp3) is 0.0870. The zero-order valence-electron chi connectivity index (χ0n) is 14.2. The molecule has 0 unspecified atom stereocenters. The average molecular weight is 343 g/mol. The molecule has 3 rings (SSSR count). The van der Waals surface area contributed by atoms with Gasteiger partial charge >= 0.3 is 0 Å². The van der Waals surface area contributed by atoms with E-state index < -0.39 is 0 Å². The van der Waals surface area contributed by atoms with Gasteiger partial charge in [0.25, 0.3) is 0 Å². The fourth-order valence-electron chi connectivity index (χ4n) is 2.91. The van der Waals surface area contributed by atoms with Crippen LogP contribution in [-0.4, -0.2) is 6.21 Å². The van der Waals surface area contributed by atoms with Crippen molar-refractivity contribution in [2.45, 2.75) is 11.7 Å². The first-order chi connectivity index (χ1) is 12.4. The first-order valence-electron chi connectivity index (χ1n) is 8.37. The van der Waals surface area contributed by atoms with Crippen LogP contribution in [0.2, 0.25) is 0 Å². The van der Waals surface area contributed by atoms with E-state index in [4.69, 9.17) is 0 Å². The lowest BCUT2D eigenvalue weighted by atomic mass is 9.84. The van der Waals surface area contributed by atoms with E-state index in [2.05, 4.69) is 95.4 Å². The Morgan fingerprint density at radius 1 is 0.680 bits per heavy atom. The Morgan fingerprint density at radius 3 is 1.44 bits per heavy atom. The summed E-state index contributed by atoms with van der Waals surface area (Å²) in [5, 5.41) is 0. The smallest absolute Gasteiger partial charge is 0.112 e. The van der Waals surface area contributed by atoms with Crippen LogP contribution in [0.4, 0.5) is 0 Å². The van der Waals surface area contributed by atoms with E-state index in [-0.39, 0.29) is 4.75 Å². The Morgan fingerprint density at radius 2 is 1.08 bits per heavy atom. The Hall–Kier alpha value is -2.58. The molecule has 0 aliphatic heterocycles. The molecule has 2 heteroatoms. The largest absolute Gasteiger partial charge is 0.223 e. The van der Waals surface area contributed by atoms with Gasteiger partial charge in [-0.2, -0.15) is 0 Å².